The Labute approximate surface area is 75.4 Å². The van der Waals surface area contributed by atoms with Gasteiger partial charge in [-0.25, -0.2) is 8.42 Å². The molecular formula is C6H10O6S. The van der Waals surface area contributed by atoms with Gasteiger partial charge in [0, 0.05) is 0 Å². The summed E-state index contributed by atoms with van der Waals surface area (Å²) in [4.78, 5) is 20.5. The zero-order valence-electron chi connectivity index (χ0n) is 7.02. The molecule has 0 aromatic rings. The van der Waals surface area contributed by atoms with Gasteiger partial charge in [-0.15, -0.1) is 0 Å². The quantitative estimate of drug-likeness (QED) is 0.587. The number of carbonyl (C=O) groups excluding carboxylic acids is 1. The third-order valence-corrected chi connectivity index (χ3v) is 2.69. The van der Waals surface area contributed by atoms with E-state index in [0.29, 0.717) is 0 Å². The average molecular weight is 210 g/mol. The van der Waals surface area contributed by atoms with Crippen LogP contribution in [0.25, 0.3) is 0 Å². The van der Waals surface area contributed by atoms with Crippen LogP contribution < -0.4 is 0 Å². The van der Waals surface area contributed by atoms with Crippen LogP contribution in [0.1, 0.15) is 6.42 Å². The van der Waals surface area contributed by atoms with E-state index in [9.17, 15) is 18.0 Å². The molecule has 0 rings (SSSR count). The molecule has 76 valence electrons. The highest BCUT2D eigenvalue weighted by atomic mass is 32.2. The highest BCUT2D eigenvalue weighted by Crippen LogP contribution is 1.95. The fourth-order valence-corrected chi connectivity index (χ4v) is 1.66. The van der Waals surface area contributed by atoms with Crippen LogP contribution in [-0.4, -0.2) is 44.1 Å². The van der Waals surface area contributed by atoms with Gasteiger partial charge in [0.15, 0.2) is 9.84 Å². The molecule has 0 heterocycles. The summed E-state index contributed by atoms with van der Waals surface area (Å²) in [5.74, 6) is -3.41. The Morgan fingerprint density at radius 2 is 1.92 bits per heavy atom. The molecule has 0 aliphatic heterocycles. The predicted molar refractivity (Wildman–Crippen MR) is 42.9 cm³/mol. The molecule has 0 spiro atoms. The van der Waals surface area contributed by atoms with E-state index in [1.165, 1.54) is 0 Å². The number of methoxy groups -OCH3 is 1. The molecule has 7 heteroatoms. The first-order valence-corrected chi connectivity index (χ1v) is 5.18. The zero-order valence-corrected chi connectivity index (χ0v) is 7.83. The summed E-state index contributed by atoms with van der Waals surface area (Å²) >= 11 is 0. The number of sulfone groups is 1. The van der Waals surface area contributed by atoms with Gasteiger partial charge in [-0.1, -0.05) is 0 Å². The van der Waals surface area contributed by atoms with Crippen molar-refractivity contribution in [1.29, 1.82) is 0 Å². The van der Waals surface area contributed by atoms with Gasteiger partial charge in [0.1, 0.15) is 5.75 Å². The van der Waals surface area contributed by atoms with Crippen LogP contribution >= 0.6 is 0 Å². The molecule has 0 aromatic heterocycles. The Hall–Kier alpha value is -1.11. The maximum atomic E-state index is 10.9. The SMILES string of the molecule is COC(=O)CS(=O)(=O)CCC(=O)O. The number of hydrogen-bond acceptors (Lipinski definition) is 5. The number of hydrogen-bond donors (Lipinski definition) is 1. The highest BCUT2D eigenvalue weighted by molar-refractivity contribution is 7.92. The smallest absolute Gasteiger partial charge is 0.320 e. The third kappa shape index (κ3) is 6.09. The van der Waals surface area contributed by atoms with Crippen molar-refractivity contribution in [3.8, 4) is 0 Å². The highest BCUT2D eigenvalue weighted by Gasteiger charge is 2.18. The molecule has 13 heavy (non-hydrogen) atoms. The van der Waals surface area contributed by atoms with Crippen LogP contribution in [0.2, 0.25) is 0 Å². The molecule has 0 bridgehead atoms. The Morgan fingerprint density at radius 3 is 2.31 bits per heavy atom. The van der Waals surface area contributed by atoms with Crippen molar-refractivity contribution in [2.45, 2.75) is 6.42 Å². The number of ether oxygens (including phenoxy) is 1. The lowest BCUT2D eigenvalue weighted by atomic mass is 10.5. The van der Waals surface area contributed by atoms with Crippen molar-refractivity contribution in [1.82, 2.24) is 0 Å². The molecule has 0 amide bonds. The maximum absolute atomic E-state index is 10.9. The minimum atomic E-state index is -3.64. The summed E-state index contributed by atoms with van der Waals surface area (Å²) < 4.78 is 26.0. The van der Waals surface area contributed by atoms with E-state index in [1.54, 1.807) is 0 Å². The second-order valence-electron chi connectivity index (χ2n) is 2.31. The van der Waals surface area contributed by atoms with E-state index in [2.05, 4.69) is 4.74 Å². The number of carbonyl (C=O) groups is 2. The van der Waals surface area contributed by atoms with Crippen LogP contribution in [0, 0.1) is 0 Å². The fourth-order valence-electron chi connectivity index (χ4n) is 0.553. The summed E-state index contributed by atoms with van der Waals surface area (Å²) in [6.45, 7) is 0. The molecule has 0 atom stereocenters. The molecule has 0 fully saturated rings. The minimum absolute atomic E-state index is 0.501. The first-order chi connectivity index (χ1) is 5.87. The van der Waals surface area contributed by atoms with Crippen LogP contribution in [0.3, 0.4) is 0 Å². The van der Waals surface area contributed by atoms with Crippen LogP contribution in [0.4, 0.5) is 0 Å². The van der Waals surface area contributed by atoms with E-state index in [4.69, 9.17) is 5.11 Å². The fraction of sp³-hybridized carbons (Fsp3) is 0.667. The standard InChI is InChI=1S/C6H10O6S/c1-12-6(9)4-13(10,11)3-2-5(7)8/h2-4H2,1H3,(H,7,8). The zero-order chi connectivity index (χ0) is 10.5. The van der Waals surface area contributed by atoms with Crippen LogP contribution in [-0.2, 0) is 24.2 Å². The molecule has 1 N–H and O–H groups in total. The summed E-state index contributed by atoms with van der Waals surface area (Å²) in [5.41, 5.74) is 0. The predicted octanol–water partition coefficient (Wildman–Crippen LogP) is -0.951. The van der Waals surface area contributed by atoms with E-state index < -0.39 is 39.7 Å². The van der Waals surface area contributed by atoms with E-state index in [1.807, 2.05) is 0 Å². The van der Waals surface area contributed by atoms with Crippen LogP contribution in [0.5, 0.6) is 0 Å². The van der Waals surface area contributed by atoms with Gasteiger partial charge in [-0.3, -0.25) is 9.59 Å². The van der Waals surface area contributed by atoms with E-state index in [-0.39, 0.29) is 0 Å². The lowest BCUT2D eigenvalue weighted by Crippen LogP contribution is -2.21. The topological polar surface area (TPSA) is 97.7 Å². The summed E-state index contributed by atoms with van der Waals surface area (Å²) in [6, 6.07) is 0. The molecule has 6 nitrogen and oxygen atoms in total. The second kappa shape index (κ2) is 4.80. The molecular weight excluding hydrogens is 200 g/mol. The summed E-state index contributed by atoms with van der Waals surface area (Å²) in [5, 5.41) is 8.19. The van der Waals surface area contributed by atoms with Crippen LogP contribution in [0.15, 0.2) is 0 Å². The molecule has 0 saturated heterocycles. The molecule has 0 radical (unpaired) electrons. The van der Waals surface area contributed by atoms with Gasteiger partial charge in [-0.2, -0.15) is 0 Å². The molecule has 0 unspecified atom stereocenters. The number of esters is 1. The lowest BCUT2D eigenvalue weighted by molar-refractivity contribution is -0.138. The average Bonchev–Trinajstić information content (AvgIpc) is 2.00. The van der Waals surface area contributed by atoms with E-state index >= 15 is 0 Å². The number of carboxylic acids is 1. The van der Waals surface area contributed by atoms with Crippen molar-refractivity contribution >= 4 is 21.8 Å². The van der Waals surface area contributed by atoms with Crippen molar-refractivity contribution in [2.75, 3.05) is 18.6 Å². The molecule has 0 aliphatic rings. The van der Waals surface area contributed by atoms with Crippen molar-refractivity contribution in [3.63, 3.8) is 0 Å². The van der Waals surface area contributed by atoms with E-state index in [0.717, 1.165) is 7.11 Å². The summed E-state index contributed by atoms with van der Waals surface area (Å²) in [7, 11) is -2.58. The Balaban J connectivity index is 4.10. The molecule has 0 saturated carbocycles. The Morgan fingerprint density at radius 1 is 1.38 bits per heavy atom. The second-order valence-corrected chi connectivity index (χ2v) is 4.50. The Kier molecular flexibility index (Phi) is 4.39. The van der Waals surface area contributed by atoms with Crippen molar-refractivity contribution < 1.29 is 27.9 Å². The van der Waals surface area contributed by atoms with Gasteiger partial charge in [0.05, 0.1) is 19.3 Å². The first-order valence-electron chi connectivity index (χ1n) is 3.36. The van der Waals surface area contributed by atoms with Crippen molar-refractivity contribution in [2.24, 2.45) is 0 Å². The largest absolute Gasteiger partial charge is 0.481 e. The summed E-state index contributed by atoms with van der Waals surface area (Å²) in [6.07, 6.45) is -0.501. The van der Waals surface area contributed by atoms with Gasteiger partial charge in [-0.05, 0) is 0 Å². The number of aliphatic carboxylic acids is 1. The number of carboxylic acid groups (broad SMARTS) is 1. The number of rotatable bonds is 5. The van der Waals surface area contributed by atoms with Gasteiger partial charge in [0.25, 0.3) is 0 Å². The minimum Gasteiger partial charge on any atom is -0.481 e. The van der Waals surface area contributed by atoms with Crippen molar-refractivity contribution in [3.05, 3.63) is 0 Å². The van der Waals surface area contributed by atoms with Gasteiger partial charge >= 0.3 is 11.9 Å². The molecule has 0 aromatic carbocycles. The monoisotopic (exact) mass is 210 g/mol. The van der Waals surface area contributed by atoms with Gasteiger partial charge < -0.3 is 9.84 Å². The maximum Gasteiger partial charge on any atom is 0.320 e. The third-order valence-electron chi connectivity index (χ3n) is 1.19. The van der Waals surface area contributed by atoms with Gasteiger partial charge in [0.2, 0.25) is 0 Å². The lowest BCUT2D eigenvalue weighted by Gasteiger charge is -2.00. The molecule has 0 aliphatic carbocycles. The first kappa shape index (κ1) is 11.9. The Bertz CT molecular complexity index is 290. The normalized spacial score (nSPS) is 10.8.